The fourth-order valence-electron chi connectivity index (χ4n) is 1.85. The minimum atomic E-state index is -1.19. The van der Waals surface area contributed by atoms with E-state index in [9.17, 15) is 14.0 Å². The average molecular weight is 289 g/mol. The second kappa shape index (κ2) is 5.62. The van der Waals surface area contributed by atoms with Gasteiger partial charge in [0.15, 0.2) is 0 Å². The summed E-state index contributed by atoms with van der Waals surface area (Å²) < 4.78 is 19.0. The second-order valence-electron chi connectivity index (χ2n) is 4.38. The molecule has 0 atom stereocenters. The molecule has 0 radical (unpaired) electrons. The molecule has 3 N–H and O–H groups in total. The molecule has 6 heteroatoms. The van der Waals surface area contributed by atoms with Gasteiger partial charge in [0, 0.05) is 0 Å². The number of nitrogens with two attached hydrogens (primary N) is 1. The summed E-state index contributed by atoms with van der Waals surface area (Å²) in [4.78, 5) is 22.5. The van der Waals surface area contributed by atoms with Gasteiger partial charge in [-0.15, -0.1) is 0 Å². The van der Waals surface area contributed by atoms with Crippen molar-refractivity contribution in [1.29, 1.82) is 0 Å². The lowest BCUT2D eigenvalue weighted by molar-refractivity contribution is 0.0694. The van der Waals surface area contributed by atoms with E-state index >= 15 is 0 Å². The van der Waals surface area contributed by atoms with Gasteiger partial charge in [0.2, 0.25) is 0 Å². The Morgan fingerprint density at radius 3 is 2.52 bits per heavy atom. The van der Waals surface area contributed by atoms with E-state index in [-0.39, 0.29) is 17.1 Å². The van der Waals surface area contributed by atoms with E-state index in [1.165, 1.54) is 24.3 Å². The molecular weight excluding hydrogens is 277 g/mol. The van der Waals surface area contributed by atoms with E-state index in [1.807, 2.05) is 0 Å². The molecular formula is C15H12FNO4. The van der Waals surface area contributed by atoms with E-state index in [0.29, 0.717) is 0 Å². The predicted octanol–water partition coefficient (Wildman–Crippen LogP) is 2.72. The lowest BCUT2D eigenvalue weighted by Crippen LogP contribution is -2.14. The van der Waals surface area contributed by atoms with Crippen LogP contribution in [0.15, 0.2) is 36.4 Å². The van der Waals surface area contributed by atoms with Crippen molar-refractivity contribution in [1.82, 2.24) is 0 Å². The maximum Gasteiger partial charge on any atom is 0.339 e. The molecule has 0 fully saturated rings. The molecule has 0 bridgehead atoms. The summed E-state index contributed by atoms with van der Waals surface area (Å²) in [5.41, 5.74) is 5.34. The highest BCUT2D eigenvalue weighted by Crippen LogP contribution is 2.30. The molecule has 2 rings (SSSR count). The molecule has 0 aliphatic heterocycles. The third-order valence-corrected chi connectivity index (χ3v) is 2.81. The zero-order chi connectivity index (χ0) is 15.6. The van der Waals surface area contributed by atoms with Crippen LogP contribution in [0.3, 0.4) is 0 Å². The molecule has 0 spiro atoms. The fraction of sp³-hybridized carbons (Fsp3) is 0.0667. The van der Waals surface area contributed by atoms with Gasteiger partial charge in [-0.3, -0.25) is 4.79 Å². The van der Waals surface area contributed by atoms with Crippen LogP contribution in [-0.2, 0) is 0 Å². The van der Waals surface area contributed by atoms with Gasteiger partial charge in [-0.2, -0.15) is 0 Å². The number of ether oxygens (including phenoxy) is 1. The zero-order valence-corrected chi connectivity index (χ0v) is 11.1. The maximum atomic E-state index is 13.6. The van der Waals surface area contributed by atoms with Crippen molar-refractivity contribution in [2.45, 2.75) is 6.92 Å². The van der Waals surface area contributed by atoms with Crippen LogP contribution in [0, 0.1) is 12.7 Å². The first kappa shape index (κ1) is 14.5. The topological polar surface area (TPSA) is 89.6 Å². The van der Waals surface area contributed by atoms with Gasteiger partial charge in [0.05, 0.1) is 0 Å². The van der Waals surface area contributed by atoms with Crippen molar-refractivity contribution in [3.8, 4) is 11.5 Å². The predicted molar refractivity (Wildman–Crippen MR) is 73.1 cm³/mol. The van der Waals surface area contributed by atoms with Crippen LogP contribution in [0.1, 0.15) is 26.3 Å². The van der Waals surface area contributed by atoms with Crippen molar-refractivity contribution in [2.75, 3.05) is 0 Å². The lowest BCUT2D eigenvalue weighted by Gasteiger charge is -2.12. The number of carbonyl (C=O) groups is 2. The summed E-state index contributed by atoms with van der Waals surface area (Å²) in [6, 6.07) is 8.25. The van der Waals surface area contributed by atoms with Crippen LogP contribution >= 0.6 is 0 Å². The molecule has 0 aliphatic carbocycles. The number of carboxylic acid groups (broad SMARTS) is 1. The molecule has 0 saturated heterocycles. The molecule has 2 aromatic carbocycles. The number of hydrogen-bond donors (Lipinski definition) is 2. The normalized spacial score (nSPS) is 10.2. The van der Waals surface area contributed by atoms with Gasteiger partial charge in [-0.05, 0) is 31.2 Å². The standard InChI is InChI=1S/C15H12FNO4/c1-8-5-6-11(9(7-8)15(19)20)21-12-4-2-3-10(16)13(12)14(17)18/h2-7H,1H3,(H2,17,18)(H,19,20). The van der Waals surface area contributed by atoms with Gasteiger partial charge in [-0.1, -0.05) is 17.7 Å². The Kier molecular flexibility index (Phi) is 3.89. The first-order valence-electron chi connectivity index (χ1n) is 6.00. The highest BCUT2D eigenvalue weighted by Gasteiger charge is 2.18. The number of amides is 1. The minimum absolute atomic E-state index is 0.00111. The Morgan fingerprint density at radius 2 is 1.90 bits per heavy atom. The SMILES string of the molecule is Cc1ccc(Oc2cccc(F)c2C(N)=O)c(C(=O)O)c1. The van der Waals surface area contributed by atoms with Crippen molar-refractivity contribution in [2.24, 2.45) is 5.73 Å². The largest absolute Gasteiger partial charge is 0.478 e. The molecule has 21 heavy (non-hydrogen) atoms. The molecule has 0 aromatic heterocycles. The highest BCUT2D eigenvalue weighted by molar-refractivity contribution is 5.96. The van der Waals surface area contributed by atoms with Gasteiger partial charge in [-0.25, -0.2) is 9.18 Å². The van der Waals surface area contributed by atoms with E-state index in [2.05, 4.69) is 0 Å². The van der Waals surface area contributed by atoms with Crippen LogP contribution in [0.5, 0.6) is 11.5 Å². The molecule has 0 aliphatic rings. The second-order valence-corrected chi connectivity index (χ2v) is 4.38. The van der Waals surface area contributed by atoms with E-state index < -0.39 is 23.3 Å². The first-order chi connectivity index (χ1) is 9.90. The van der Waals surface area contributed by atoms with Crippen molar-refractivity contribution < 1.29 is 23.8 Å². The third kappa shape index (κ3) is 3.00. The van der Waals surface area contributed by atoms with Crippen LogP contribution < -0.4 is 10.5 Å². The quantitative estimate of drug-likeness (QED) is 0.905. The number of hydrogen-bond acceptors (Lipinski definition) is 3. The maximum absolute atomic E-state index is 13.6. The Hall–Kier alpha value is -2.89. The number of carboxylic acids is 1. The van der Waals surface area contributed by atoms with E-state index in [4.69, 9.17) is 15.6 Å². The van der Waals surface area contributed by atoms with Crippen molar-refractivity contribution >= 4 is 11.9 Å². The zero-order valence-electron chi connectivity index (χ0n) is 11.1. The van der Waals surface area contributed by atoms with E-state index in [1.54, 1.807) is 13.0 Å². The number of halogens is 1. The number of primary amides is 1. The number of carbonyl (C=O) groups excluding carboxylic acids is 1. The smallest absolute Gasteiger partial charge is 0.339 e. The van der Waals surface area contributed by atoms with Gasteiger partial charge < -0.3 is 15.6 Å². The van der Waals surface area contributed by atoms with Crippen molar-refractivity contribution in [3.63, 3.8) is 0 Å². The molecule has 0 saturated carbocycles. The van der Waals surface area contributed by atoms with Crippen LogP contribution in [0.25, 0.3) is 0 Å². The average Bonchev–Trinajstić information content (AvgIpc) is 2.40. The Labute approximate surface area is 119 Å². The summed E-state index contributed by atoms with van der Waals surface area (Å²) in [5, 5.41) is 9.16. The summed E-state index contributed by atoms with van der Waals surface area (Å²) in [5.74, 6) is -3.14. The number of benzene rings is 2. The molecule has 0 heterocycles. The Balaban J connectivity index is 2.51. The van der Waals surface area contributed by atoms with Crippen LogP contribution in [0.4, 0.5) is 4.39 Å². The van der Waals surface area contributed by atoms with Gasteiger partial charge in [0.25, 0.3) is 5.91 Å². The summed E-state index contributed by atoms with van der Waals surface area (Å²) in [6.07, 6.45) is 0. The lowest BCUT2D eigenvalue weighted by atomic mass is 10.1. The number of rotatable bonds is 4. The Morgan fingerprint density at radius 1 is 1.19 bits per heavy atom. The summed E-state index contributed by atoms with van der Waals surface area (Å²) >= 11 is 0. The molecule has 2 aromatic rings. The fourth-order valence-corrected chi connectivity index (χ4v) is 1.85. The number of aryl methyl sites for hydroxylation is 1. The van der Waals surface area contributed by atoms with Crippen LogP contribution in [-0.4, -0.2) is 17.0 Å². The molecule has 108 valence electrons. The molecule has 5 nitrogen and oxygen atoms in total. The minimum Gasteiger partial charge on any atom is -0.478 e. The van der Waals surface area contributed by atoms with Crippen LogP contribution in [0.2, 0.25) is 0 Å². The number of aromatic carboxylic acids is 1. The summed E-state index contributed by atoms with van der Waals surface area (Å²) in [6.45, 7) is 1.73. The van der Waals surface area contributed by atoms with Crippen molar-refractivity contribution in [3.05, 3.63) is 58.9 Å². The highest BCUT2D eigenvalue weighted by atomic mass is 19.1. The van der Waals surface area contributed by atoms with Gasteiger partial charge in [0.1, 0.15) is 28.4 Å². The third-order valence-electron chi connectivity index (χ3n) is 2.81. The van der Waals surface area contributed by atoms with Gasteiger partial charge >= 0.3 is 5.97 Å². The Bertz CT molecular complexity index is 728. The first-order valence-corrected chi connectivity index (χ1v) is 6.00. The van der Waals surface area contributed by atoms with E-state index in [0.717, 1.165) is 11.6 Å². The molecule has 1 amide bonds. The molecule has 0 unspecified atom stereocenters. The summed E-state index contributed by atoms with van der Waals surface area (Å²) in [7, 11) is 0. The monoisotopic (exact) mass is 289 g/mol.